The van der Waals surface area contributed by atoms with E-state index in [0.717, 1.165) is 30.1 Å². The molecular formula is C11H16N4. The minimum absolute atomic E-state index is 0.388. The summed E-state index contributed by atoms with van der Waals surface area (Å²) in [6, 6.07) is 3.91. The van der Waals surface area contributed by atoms with E-state index in [0.29, 0.717) is 5.92 Å². The summed E-state index contributed by atoms with van der Waals surface area (Å²) in [4.78, 5) is 12.0. The molecule has 2 aromatic rings. The van der Waals surface area contributed by atoms with Crippen molar-refractivity contribution in [2.45, 2.75) is 19.8 Å². The summed E-state index contributed by atoms with van der Waals surface area (Å²) in [7, 11) is 0. The molecule has 0 fully saturated rings. The van der Waals surface area contributed by atoms with Gasteiger partial charge in [0.05, 0.1) is 5.52 Å². The van der Waals surface area contributed by atoms with Crippen molar-refractivity contribution in [2.24, 2.45) is 0 Å². The monoisotopic (exact) mass is 204 g/mol. The standard InChI is InChI=1S/C11H16N4/c1-3-12-7-8(2)10-14-9-5-4-6-13-11(9)15-10/h4-6,8,12H,3,7H2,1-2H3,(H,13,14,15). The Morgan fingerprint density at radius 1 is 1.53 bits per heavy atom. The average molecular weight is 204 g/mol. The summed E-state index contributed by atoms with van der Waals surface area (Å²) in [5, 5.41) is 3.31. The van der Waals surface area contributed by atoms with Gasteiger partial charge >= 0.3 is 0 Å². The number of aromatic amines is 1. The maximum absolute atomic E-state index is 4.46. The number of imidazole rings is 1. The average Bonchev–Trinajstić information content (AvgIpc) is 2.69. The van der Waals surface area contributed by atoms with E-state index in [1.54, 1.807) is 6.20 Å². The molecule has 2 heterocycles. The molecule has 15 heavy (non-hydrogen) atoms. The number of H-pyrrole nitrogens is 1. The molecule has 0 aliphatic heterocycles. The topological polar surface area (TPSA) is 53.6 Å². The van der Waals surface area contributed by atoms with Crippen LogP contribution >= 0.6 is 0 Å². The molecule has 0 saturated heterocycles. The maximum atomic E-state index is 4.46. The van der Waals surface area contributed by atoms with Crippen molar-refractivity contribution in [1.29, 1.82) is 0 Å². The third kappa shape index (κ3) is 2.15. The first kappa shape index (κ1) is 10.1. The van der Waals surface area contributed by atoms with Crippen LogP contribution in [0.3, 0.4) is 0 Å². The molecule has 0 aliphatic carbocycles. The van der Waals surface area contributed by atoms with Gasteiger partial charge in [-0.05, 0) is 18.7 Å². The second-order valence-electron chi connectivity index (χ2n) is 3.71. The third-order valence-electron chi connectivity index (χ3n) is 2.44. The minimum Gasteiger partial charge on any atom is -0.340 e. The Labute approximate surface area is 89.1 Å². The molecule has 0 amide bonds. The van der Waals surface area contributed by atoms with Gasteiger partial charge in [-0.25, -0.2) is 9.97 Å². The normalized spacial score (nSPS) is 13.2. The summed E-state index contributed by atoms with van der Waals surface area (Å²) in [5.74, 6) is 1.39. The SMILES string of the molecule is CCNCC(C)c1nc2ncccc2[nH]1. The van der Waals surface area contributed by atoms with Gasteiger partial charge in [0.25, 0.3) is 0 Å². The number of likely N-dealkylation sites (N-methyl/N-ethyl adjacent to an activating group) is 1. The number of hydrogen-bond donors (Lipinski definition) is 2. The molecule has 80 valence electrons. The van der Waals surface area contributed by atoms with Crippen molar-refractivity contribution in [2.75, 3.05) is 13.1 Å². The van der Waals surface area contributed by atoms with Crippen molar-refractivity contribution in [3.8, 4) is 0 Å². The number of nitrogens with one attached hydrogen (secondary N) is 2. The highest BCUT2D eigenvalue weighted by molar-refractivity contribution is 5.69. The largest absolute Gasteiger partial charge is 0.340 e. The highest BCUT2D eigenvalue weighted by atomic mass is 15.0. The van der Waals surface area contributed by atoms with Crippen molar-refractivity contribution >= 4 is 11.2 Å². The van der Waals surface area contributed by atoms with Gasteiger partial charge in [-0.1, -0.05) is 13.8 Å². The summed E-state index contributed by atoms with van der Waals surface area (Å²) in [5.41, 5.74) is 1.81. The summed E-state index contributed by atoms with van der Waals surface area (Å²) in [6.07, 6.45) is 1.77. The summed E-state index contributed by atoms with van der Waals surface area (Å²) in [6.45, 7) is 6.19. The fraction of sp³-hybridized carbons (Fsp3) is 0.455. The van der Waals surface area contributed by atoms with Crippen LogP contribution in [0.25, 0.3) is 11.2 Å². The number of rotatable bonds is 4. The zero-order valence-corrected chi connectivity index (χ0v) is 9.12. The Morgan fingerprint density at radius 3 is 3.13 bits per heavy atom. The zero-order chi connectivity index (χ0) is 10.7. The lowest BCUT2D eigenvalue weighted by Crippen LogP contribution is -2.20. The van der Waals surface area contributed by atoms with Crippen molar-refractivity contribution in [3.05, 3.63) is 24.2 Å². The van der Waals surface area contributed by atoms with Crippen LogP contribution in [-0.4, -0.2) is 28.0 Å². The second-order valence-corrected chi connectivity index (χ2v) is 3.71. The van der Waals surface area contributed by atoms with E-state index in [2.05, 4.69) is 34.1 Å². The van der Waals surface area contributed by atoms with E-state index in [4.69, 9.17) is 0 Å². The molecular weight excluding hydrogens is 188 g/mol. The molecule has 4 nitrogen and oxygen atoms in total. The van der Waals surface area contributed by atoms with Gasteiger partial charge < -0.3 is 10.3 Å². The first-order chi connectivity index (χ1) is 7.31. The van der Waals surface area contributed by atoms with Crippen LogP contribution in [0.4, 0.5) is 0 Å². The molecule has 1 unspecified atom stereocenters. The fourth-order valence-electron chi connectivity index (χ4n) is 1.55. The van der Waals surface area contributed by atoms with Crippen molar-refractivity contribution in [1.82, 2.24) is 20.3 Å². The predicted octanol–water partition coefficient (Wildman–Crippen LogP) is 1.67. The Hall–Kier alpha value is -1.42. The van der Waals surface area contributed by atoms with Gasteiger partial charge in [0.15, 0.2) is 5.65 Å². The molecule has 0 aromatic carbocycles. The van der Waals surface area contributed by atoms with Gasteiger partial charge in [0, 0.05) is 18.7 Å². The lowest BCUT2D eigenvalue weighted by molar-refractivity contribution is 0.614. The van der Waals surface area contributed by atoms with Gasteiger partial charge in [-0.15, -0.1) is 0 Å². The third-order valence-corrected chi connectivity index (χ3v) is 2.44. The first-order valence-electron chi connectivity index (χ1n) is 5.32. The molecule has 0 bridgehead atoms. The van der Waals surface area contributed by atoms with Crippen molar-refractivity contribution in [3.63, 3.8) is 0 Å². The molecule has 4 heteroatoms. The van der Waals surface area contributed by atoms with Crippen LogP contribution < -0.4 is 5.32 Å². The number of aromatic nitrogens is 3. The molecule has 1 atom stereocenters. The highest BCUT2D eigenvalue weighted by Gasteiger charge is 2.10. The lowest BCUT2D eigenvalue weighted by atomic mass is 10.2. The molecule has 2 rings (SSSR count). The van der Waals surface area contributed by atoms with Crippen LogP contribution in [0.5, 0.6) is 0 Å². The van der Waals surface area contributed by atoms with E-state index in [1.165, 1.54) is 0 Å². The van der Waals surface area contributed by atoms with Crippen LogP contribution in [0.2, 0.25) is 0 Å². The van der Waals surface area contributed by atoms with Gasteiger partial charge in [-0.2, -0.15) is 0 Å². The number of pyridine rings is 1. The maximum Gasteiger partial charge on any atom is 0.177 e. The quantitative estimate of drug-likeness (QED) is 0.796. The van der Waals surface area contributed by atoms with Crippen LogP contribution in [0.1, 0.15) is 25.6 Å². The zero-order valence-electron chi connectivity index (χ0n) is 9.12. The first-order valence-corrected chi connectivity index (χ1v) is 5.32. The number of hydrogen-bond acceptors (Lipinski definition) is 3. The lowest BCUT2D eigenvalue weighted by Gasteiger charge is -2.07. The van der Waals surface area contributed by atoms with Gasteiger partial charge in [-0.3, -0.25) is 0 Å². The van der Waals surface area contributed by atoms with E-state index in [-0.39, 0.29) is 0 Å². The number of nitrogens with zero attached hydrogens (tertiary/aromatic N) is 2. The molecule has 0 saturated carbocycles. The van der Waals surface area contributed by atoms with Crippen LogP contribution in [0.15, 0.2) is 18.3 Å². The van der Waals surface area contributed by atoms with Crippen LogP contribution in [0, 0.1) is 0 Å². The molecule has 0 spiro atoms. The Bertz CT molecular complexity index is 402. The highest BCUT2D eigenvalue weighted by Crippen LogP contribution is 2.14. The van der Waals surface area contributed by atoms with Crippen molar-refractivity contribution < 1.29 is 0 Å². The molecule has 0 radical (unpaired) electrons. The summed E-state index contributed by atoms with van der Waals surface area (Å²) >= 11 is 0. The Balaban J connectivity index is 2.20. The van der Waals surface area contributed by atoms with Gasteiger partial charge in [0.2, 0.25) is 0 Å². The van der Waals surface area contributed by atoms with E-state index >= 15 is 0 Å². The predicted molar refractivity (Wildman–Crippen MR) is 60.8 cm³/mol. The fourth-order valence-corrected chi connectivity index (χ4v) is 1.55. The Kier molecular flexibility index (Phi) is 2.97. The molecule has 2 aromatic heterocycles. The minimum atomic E-state index is 0.388. The van der Waals surface area contributed by atoms with Gasteiger partial charge in [0.1, 0.15) is 5.82 Å². The second kappa shape index (κ2) is 4.40. The summed E-state index contributed by atoms with van der Waals surface area (Å²) < 4.78 is 0. The Morgan fingerprint density at radius 2 is 2.40 bits per heavy atom. The number of fused-ring (bicyclic) bond motifs is 1. The molecule has 0 aliphatic rings. The van der Waals surface area contributed by atoms with E-state index in [9.17, 15) is 0 Å². The van der Waals surface area contributed by atoms with E-state index < -0.39 is 0 Å². The molecule has 2 N–H and O–H groups in total. The van der Waals surface area contributed by atoms with Crippen LogP contribution in [-0.2, 0) is 0 Å². The smallest absolute Gasteiger partial charge is 0.177 e. The van der Waals surface area contributed by atoms with E-state index in [1.807, 2.05) is 12.1 Å².